The monoisotopic (exact) mass is 340 g/mol. The van der Waals surface area contributed by atoms with Crippen molar-refractivity contribution in [2.24, 2.45) is 0 Å². The normalized spacial score (nSPS) is 10.4. The quantitative estimate of drug-likeness (QED) is 0.460. The molecule has 0 atom stereocenters. The van der Waals surface area contributed by atoms with Gasteiger partial charge in [0.1, 0.15) is 18.1 Å². The lowest BCUT2D eigenvalue weighted by molar-refractivity contribution is -0.116. The molecule has 0 heterocycles. The van der Waals surface area contributed by atoms with Crippen molar-refractivity contribution >= 4 is 11.6 Å². The molecule has 4 nitrogen and oxygen atoms in total. The molecule has 0 aliphatic rings. The maximum absolute atomic E-state index is 11.9. The van der Waals surface area contributed by atoms with Gasteiger partial charge in [0, 0.05) is 18.4 Å². The van der Waals surface area contributed by atoms with E-state index in [1.165, 1.54) is 0 Å². The number of ether oxygens (including phenoxy) is 2. The number of aryl methyl sites for hydroxylation is 1. The van der Waals surface area contributed by atoms with E-state index in [1.54, 1.807) is 6.92 Å². The second-order valence-electron chi connectivity index (χ2n) is 5.81. The second kappa shape index (κ2) is 10.4. The Hall–Kier alpha value is -2.46. The zero-order valence-corrected chi connectivity index (χ0v) is 14.6. The average molecular weight is 340 g/mol. The molecular weight excluding hydrogens is 316 g/mol. The van der Waals surface area contributed by atoms with Crippen LogP contribution in [0, 0.1) is 0 Å². The van der Waals surface area contributed by atoms with E-state index in [1.807, 2.05) is 54.6 Å². The minimum atomic E-state index is 0.0797. The molecular formula is C21H24O4. The first kappa shape index (κ1) is 18.9. The van der Waals surface area contributed by atoms with E-state index in [9.17, 15) is 9.59 Å². The predicted molar refractivity (Wildman–Crippen MR) is 97.1 cm³/mol. The van der Waals surface area contributed by atoms with Crippen molar-refractivity contribution in [3.63, 3.8) is 0 Å². The first-order valence-electron chi connectivity index (χ1n) is 8.53. The number of carbonyl (C=O) groups is 2. The Labute approximate surface area is 148 Å². The molecule has 0 bridgehead atoms. The Bertz CT molecular complexity index is 679. The second-order valence-corrected chi connectivity index (χ2v) is 5.81. The summed E-state index contributed by atoms with van der Waals surface area (Å²) in [6.07, 6.45) is 1.55. The van der Waals surface area contributed by atoms with Crippen molar-refractivity contribution in [1.82, 2.24) is 0 Å². The van der Waals surface area contributed by atoms with Gasteiger partial charge in [0.2, 0.25) is 0 Å². The molecule has 4 heteroatoms. The lowest BCUT2D eigenvalue weighted by atomic mass is 10.1. The first-order chi connectivity index (χ1) is 12.2. The molecule has 132 valence electrons. The van der Waals surface area contributed by atoms with E-state index in [-0.39, 0.29) is 11.6 Å². The molecule has 0 amide bonds. The molecule has 0 aliphatic heterocycles. The molecule has 2 rings (SSSR count). The van der Waals surface area contributed by atoms with Crippen molar-refractivity contribution in [1.29, 1.82) is 0 Å². The lowest BCUT2D eigenvalue weighted by Gasteiger charge is -2.11. The van der Waals surface area contributed by atoms with Crippen LogP contribution in [-0.2, 0) is 16.0 Å². The van der Waals surface area contributed by atoms with Gasteiger partial charge in [-0.05, 0) is 25.0 Å². The van der Waals surface area contributed by atoms with E-state index < -0.39 is 0 Å². The fraction of sp³-hybridized carbons (Fsp3) is 0.333. The van der Waals surface area contributed by atoms with Crippen LogP contribution in [0.3, 0.4) is 0 Å². The minimum absolute atomic E-state index is 0.0797. The molecule has 0 radical (unpaired) electrons. The summed E-state index contributed by atoms with van der Waals surface area (Å²) in [6.45, 7) is 2.80. The number of carbonyl (C=O) groups excluding carboxylic acids is 2. The van der Waals surface area contributed by atoms with Gasteiger partial charge >= 0.3 is 0 Å². The zero-order valence-electron chi connectivity index (χ0n) is 14.6. The fourth-order valence-electron chi connectivity index (χ4n) is 2.41. The SMILES string of the molecule is CC(=O)CCc1ccccc1OCCOCCC(=O)c1ccccc1. The summed E-state index contributed by atoms with van der Waals surface area (Å²) in [5, 5.41) is 0. The molecule has 25 heavy (non-hydrogen) atoms. The number of rotatable bonds is 11. The highest BCUT2D eigenvalue weighted by Gasteiger charge is 2.06. The van der Waals surface area contributed by atoms with Gasteiger partial charge in [-0.25, -0.2) is 0 Å². The van der Waals surface area contributed by atoms with Crippen molar-refractivity contribution in [3.8, 4) is 5.75 Å². The lowest BCUT2D eigenvalue weighted by Crippen LogP contribution is -2.11. The molecule has 0 aromatic heterocycles. The summed E-state index contributed by atoms with van der Waals surface area (Å²) in [7, 11) is 0. The van der Waals surface area contributed by atoms with Gasteiger partial charge in [-0.3, -0.25) is 4.79 Å². The van der Waals surface area contributed by atoms with Crippen LogP contribution in [0.5, 0.6) is 5.75 Å². The third-order valence-corrected chi connectivity index (χ3v) is 3.77. The van der Waals surface area contributed by atoms with E-state index in [2.05, 4.69) is 0 Å². The molecule has 0 unspecified atom stereocenters. The third-order valence-electron chi connectivity index (χ3n) is 3.77. The van der Waals surface area contributed by atoms with Crippen LogP contribution in [0.25, 0.3) is 0 Å². The Morgan fingerprint density at radius 1 is 0.840 bits per heavy atom. The Morgan fingerprint density at radius 3 is 2.32 bits per heavy atom. The summed E-state index contributed by atoms with van der Waals surface area (Å²) in [5.41, 5.74) is 1.73. The van der Waals surface area contributed by atoms with Crippen molar-refractivity contribution in [2.75, 3.05) is 19.8 Å². The Balaban J connectivity index is 1.66. The minimum Gasteiger partial charge on any atom is -0.491 e. The van der Waals surface area contributed by atoms with E-state index in [4.69, 9.17) is 9.47 Å². The molecule has 0 N–H and O–H groups in total. The van der Waals surface area contributed by atoms with Gasteiger partial charge in [-0.1, -0.05) is 48.5 Å². The summed E-state index contributed by atoms with van der Waals surface area (Å²) in [6, 6.07) is 16.9. The Morgan fingerprint density at radius 2 is 1.56 bits per heavy atom. The van der Waals surface area contributed by atoms with E-state index in [0.29, 0.717) is 44.6 Å². The van der Waals surface area contributed by atoms with Crippen LogP contribution in [0.15, 0.2) is 54.6 Å². The van der Waals surface area contributed by atoms with Crippen molar-refractivity contribution < 1.29 is 19.1 Å². The summed E-state index contributed by atoms with van der Waals surface area (Å²) in [5.74, 6) is 1.03. The molecule has 0 fully saturated rings. The standard InChI is InChI=1S/C21H24O4/c1-17(22)11-12-19-9-5-6-10-21(19)25-16-15-24-14-13-20(23)18-7-3-2-4-8-18/h2-10H,11-16H2,1H3. The molecule has 0 spiro atoms. The van der Waals surface area contributed by atoms with Crippen LogP contribution in [0.2, 0.25) is 0 Å². The molecule has 0 aliphatic carbocycles. The summed E-state index contributed by atoms with van der Waals surface area (Å²) < 4.78 is 11.2. The summed E-state index contributed by atoms with van der Waals surface area (Å²) >= 11 is 0. The number of para-hydroxylation sites is 1. The summed E-state index contributed by atoms with van der Waals surface area (Å²) in [4.78, 5) is 23.1. The molecule has 0 saturated carbocycles. The number of hydrogen-bond donors (Lipinski definition) is 0. The highest BCUT2D eigenvalue weighted by molar-refractivity contribution is 5.96. The number of ketones is 2. The molecule has 0 saturated heterocycles. The van der Waals surface area contributed by atoms with Gasteiger partial charge in [0.25, 0.3) is 0 Å². The fourth-order valence-corrected chi connectivity index (χ4v) is 2.41. The van der Waals surface area contributed by atoms with Crippen molar-refractivity contribution in [3.05, 3.63) is 65.7 Å². The smallest absolute Gasteiger partial charge is 0.165 e. The maximum atomic E-state index is 11.9. The Kier molecular flexibility index (Phi) is 7.86. The van der Waals surface area contributed by atoms with Crippen LogP contribution in [-0.4, -0.2) is 31.4 Å². The molecule has 2 aromatic carbocycles. The third kappa shape index (κ3) is 6.89. The maximum Gasteiger partial charge on any atom is 0.165 e. The van der Waals surface area contributed by atoms with Gasteiger partial charge in [0.15, 0.2) is 5.78 Å². The highest BCUT2D eigenvalue weighted by atomic mass is 16.5. The topological polar surface area (TPSA) is 52.6 Å². The van der Waals surface area contributed by atoms with Crippen LogP contribution >= 0.6 is 0 Å². The highest BCUT2D eigenvalue weighted by Crippen LogP contribution is 2.19. The van der Waals surface area contributed by atoms with Crippen LogP contribution in [0.1, 0.15) is 35.7 Å². The zero-order chi connectivity index (χ0) is 17.9. The van der Waals surface area contributed by atoms with Gasteiger partial charge in [-0.15, -0.1) is 0 Å². The number of Topliss-reactive ketones (excluding diaryl/α,β-unsaturated/α-hetero) is 2. The molecule has 2 aromatic rings. The van der Waals surface area contributed by atoms with E-state index >= 15 is 0 Å². The van der Waals surface area contributed by atoms with Gasteiger partial charge in [0.05, 0.1) is 13.2 Å². The van der Waals surface area contributed by atoms with Gasteiger partial charge in [-0.2, -0.15) is 0 Å². The average Bonchev–Trinajstić information content (AvgIpc) is 2.64. The number of benzene rings is 2. The van der Waals surface area contributed by atoms with Crippen molar-refractivity contribution in [2.45, 2.75) is 26.2 Å². The van der Waals surface area contributed by atoms with E-state index in [0.717, 1.165) is 11.3 Å². The predicted octanol–water partition coefficient (Wildman–Crippen LogP) is 3.88. The van der Waals surface area contributed by atoms with Crippen LogP contribution < -0.4 is 4.74 Å². The van der Waals surface area contributed by atoms with Crippen LogP contribution in [0.4, 0.5) is 0 Å². The first-order valence-corrected chi connectivity index (χ1v) is 8.53. The van der Waals surface area contributed by atoms with Gasteiger partial charge < -0.3 is 14.3 Å². The largest absolute Gasteiger partial charge is 0.491 e. The number of hydrogen-bond acceptors (Lipinski definition) is 4.